The number of rotatable bonds is 5. The molecular weight excluding hydrogens is 285 g/mol. The molecule has 2 aromatic rings. The third-order valence-corrected chi connectivity index (χ3v) is 4.01. The van der Waals surface area contributed by atoms with Crippen molar-refractivity contribution in [1.82, 2.24) is 5.32 Å². The first kappa shape index (κ1) is 16.0. The topological polar surface area (TPSA) is 12.0 Å². The quantitative estimate of drug-likeness (QED) is 0.802. The molecule has 3 heteroatoms. The van der Waals surface area contributed by atoms with E-state index in [9.17, 15) is 4.39 Å². The summed E-state index contributed by atoms with van der Waals surface area (Å²) in [6, 6.07) is 11.0. The van der Waals surface area contributed by atoms with Crippen LogP contribution in [0.15, 0.2) is 36.4 Å². The minimum atomic E-state index is -0.192. The van der Waals surface area contributed by atoms with Gasteiger partial charge in [-0.2, -0.15) is 0 Å². The fourth-order valence-electron chi connectivity index (χ4n) is 2.74. The molecule has 21 heavy (non-hydrogen) atoms. The zero-order valence-corrected chi connectivity index (χ0v) is 13.5. The summed E-state index contributed by atoms with van der Waals surface area (Å²) < 4.78 is 13.6. The lowest BCUT2D eigenvalue weighted by Crippen LogP contribution is -2.25. The second kappa shape index (κ2) is 7.06. The van der Waals surface area contributed by atoms with Crippen LogP contribution < -0.4 is 5.32 Å². The van der Waals surface area contributed by atoms with E-state index in [1.54, 1.807) is 12.1 Å². The van der Waals surface area contributed by atoms with Crippen molar-refractivity contribution < 1.29 is 4.39 Å². The van der Waals surface area contributed by atoms with E-state index in [0.29, 0.717) is 0 Å². The number of nitrogens with one attached hydrogen (secondary N) is 1. The number of benzene rings is 2. The Labute approximate surface area is 131 Å². The van der Waals surface area contributed by atoms with Crippen LogP contribution in [0.25, 0.3) is 0 Å². The zero-order valence-electron chi connectivity index (χ0n) is 12.7. The van der Waals surface area contributed by atoms with Gasteiger partial charge >= 0.3 is 0 Å². The lowest BCUT2D eigenvalue weighted by molar-refractivity contribution is 0.586. The van der Waals surface area contributed by atoms with Gasteiger partial charge in [-0.05, 0) is 67.3 Å². The molecule has 1 N–H and O–H groups in total. The summed E-state index contributed by atoms with van der Waals surface area (Å²) in [5.74, 6) is -0.192. The fraction of sp³-hybridized carbons (Fsp3) is 0.333. The number of aryl methyl sites for hydroxylation is 2. The van der Waals surface area contributed by atoms with Gasteiger partial charge in [-0.15, -0.1) is 0 Å². The maximum Gasteiger partial charge on any atom is 0.123 e. The fourth-order valence-corrected chi connectivity index (χ4v) is 2.99. The average Bonchev–Trinajstić information content (AvgIpc) is 2.42. The van der Waals surface area contributed by atoms with Crippen molar-refractivity contribution in [3.05, 3.63) is 69.5 Å². The lowest BCUT2D eigenvalue weighted by Gasteiger charge is -2.24. The van der Waals surface area contributed by atoms with Gasteiger partial charge < -0.3 is 5.32 Å². The van der Waals surface area contributed by atoms with E-state index in [1.165, 1.54) is 0 Å². The van der Waals surface area contributed by atoms with E-state index < -0.39 is 0 Å². The molecule has 2 rings (SSSR count). The van der Waals surface area contributed by atoms with E-state index in [0.717, 1.165) is 40.2 Å². The smallest absolute Gasteiger partial charge is 0.123 e. The van der Waals surface area contributed by atoms with Crippen molar-refractivity contribution in [3.63, 3.8) is 0 Å². The number of hydrogen-bond acceptors (Lipinski definition) is 1. The Morgan fingerprint density at radius 3 is 2.33 bits per heavy atom. The monoisotopic (exact) mass is 305 g/mol. The Hall–Kier alpha value is -1.38. The summed E-state index contributed by atoms with van der Waals surface area (Å²) in [4.78, 5) is 0. The molecular formula is C18H21ClFN. The molecule has 0 bridgehead atoms. The Morgan fingerprint density at radius 2 is 1.76 bits per heavy atom. The summed E-state index contributed by atoms with van der Waals surface area (Å²) in [5.41, 5.74) is 4.03. The standard InChI is InChI=1S/C18H21ClFN/c1-4-9-21-18(15-7-5-6-8-16(15)19)17-12(2)10-14(20)11-13(17)3/h5-8,10-11,18,21H,4,9H2,1-3H3. The maximum atomic E-state index is 13.6. The minimum absolute atomic E-state index is 0.0146. The molecule has 0 heterocycles. The second-order valence-electron chi connectivity index (χ2n) is 5.36. The first-order chi connectivity index (χ1) is 10.0. The Morgan fingerprint density at radius 1 is 1.14 bits per heavy atom. The Balaban J connectivity index is 2.54. The number of hydrogen-bond donors (Lipinski definition) is 1. The van der Waals surface area contributed by atoms with Crippen LogP contribution in [0.2, 0.25) is 5.02 Å². The molecule has 1 nitrogen and oxygen atoms in total. The van der Waals surface area contributed by atoms with Crippen LogP contribution >= 0.6 is 11.6 Å². The molecule has 0 aliphatic carbocycles. The van der Waals surface area contributed by atoms with Gasteiger partial charge in [-0.1, -0.05) is 36.7 Å². The third kappa shape index (κ3) is 3.63. The first-order valence-electron chi connectivity index (χ1n) is 7.29. The third-order valence-electron chi connectivity index (χ3n) is 3.66. The molecule has 0 aliphatic heterocycles. The summed E-state index contributed by atoms with van der Waals surface area (Å²) in [7, 11) is 0. The predicted molar refractivity (Wildman–Crippen MR) is 87.5 cm³/mol. The molecule has 0 radical (unpaired) electrons. The molecule has 0 saturated carbocycles. The largest absolute Gasteiger partial charge is 0.306 e. The highest BCUT2D eigenvalue weighted by atomic mass is 35.5. The van der Waals surface area contributed by atoms with Gasteiger partial charge in [0, 0.05) is 5.02 Å². The molecule has 0 aliphatic rings. The van der Waals surface area contributed by atoms with E-state index in [-0.39, 0.29) is 11.9 Å². The molecule has 0 saturated heterocycles. The van der Waals surface area contributed by atoms with Crippen LogP contribution in [-0.2, 0) is 0 Å². The number of halogens is 2. The highest BCUT2D eigenvalue weighted by Gasteiger charge is 2.20. The molecule has 0 spiro atoms. The van der Waals surface area contributed by atoms with Gasteiger partial charge in [-0.25, -0.2) is 4.39 Å². The lowest BCUT2D eigenvalue weighted by atomic mass is 9.91. The maximum absolute atomic E-state index is 13.6. The highest BCUT2D eigenvalue weighted by Crippen LogP contribution is 2.32. The predicted octanol–water partition coefficient (Wildman–Crippen LogP) is 5.18. The van der Waals surface area contributed by atoms with Gasteiger partial charge in [-0.3, -0.25) is 0 Å². The van der Waals surface area contributed by atoms with Crippen LogP contribution in [0, 0.1) is 19.7 Å². The molecule has 1 atom stereocenters. The van der Waals surface area contributed by atoms with E-state index in [4.69, 9.17) is 11.6 Å². The summed E-state index contributed by atoms with van der Waals surface area (Å²) in [5, 5.41) is 4.27. The Kier molecular flexibility index (Phi) is 5.38. The normalized spacial score (nSPS) is 12.4. The van der Waals surface area contributed by atoms with Crippen LogP contribution in [0.1, 0.15) is 41.6 Å². The molecule has 0 fully saturated rings. The van der Waals surface area contributed by atoms with Crippen LogP contribution in [-0.4, -0.2) is 6.54 Å². The van der Waals surface area contributed by atoms with E-state index in [2.05, 4.69) is 12.2 Å². The SMILES string of the molecule is CCCNC(c1ccccc1Cl)c1c(C)cc(F)cc1C. The summed E-state index contributed by atoms with van der Waals surface area (Å²) in [6.45, 7) is 6.90. The Bertz CT molecular complexity index is 601. The molecule has 0 amide bonds. The highest BCUT2D eigenvalue weighted by molar-refractivity contribution is 6.31. The van der Waals surface area contributed by atoms with Crippen molar-refractivity contribution in [1.29, 1.82) is 0 Å². The first-order valence-corrected chi connectivity index (χ1v) is 7.66. The van der Waals surface area contributed by atoms with Gasteiger partial charge in [0.15, 0.2) is 0 Å². The molecule has 1 unspecified atom stereocenters. The van der Waals surface area contributed by atoms with E-state index >= 15 is 0 Å². The minimum Gasteiger partial charge on any atom is -0.306 e. The van der Waals surface area contributed by atoms with Gasteiger partial charge in [0.2, 0.25) is 0 Å². The van der Waals surface area contributed by atoms with E-state index in [1.807, 2.05) is 38.1 Å². The summed E-state index contributed by atoms with van der Waals surface area (Å²) >= 11 is 6.37. The van der Waals surface area contributed by atoms with Crippen LogP contribution in [0.4, 0.5) is 4.39 Å². The van der Waals surface area contributed by atoms with Crippen molar-refractivity contribution in [2.45, 2.75) is 33.2 Å². The molecule has 112 valence electrons. The zero-order chi connectivity index (χ0) is 15.4. The van der Waals surface area contributed by atoms with Crippen LogP contribution in [0.3, 0.4) is 0 Å². The van der Waals surface area contributed by atoms with Crippen LogP contribution in [0.5, 0.6) is 0 Å². The van der Waals surface area contributed by atoms with Gasteiger partial charge in [0.1, 0.15) is 5.82 Å². The van der Waals surface area contributed by atoms with Crippen molar-refractivity contribution >= 4 is 11.6 Å². The van der Waals surface area contributed by atoms with Crippen molar-refractivity contribution in [2.75, 3.05) is 6.54 Å². The van der Waals surface area contributed by atoms with Crippen molar-refractivity contribution in [2.24, 2.45) is 0 Å². The second-order valence-corrected chi connectivity index (χ2v) is 5.77. The van der Waals surface area contributed by atoms with Crippen molar-refractivity contribution in [3.8, 4) is 0 Å². The molecule has 0 aromatic heterocycles. The summed E-state index contributed by atoms with van der Waals surface area (Å²) in [6.07, 6.45) is 1.03. The van der Waals surface area contributed by atoms with Gasteiger partial charge in [0.25, 0.3) is 0 Å². The van der Waals surface area contributed by atoms with Gasteiger partial charge in [0.05, 0.1) is 6.04 Å². The average molecular weight is 306 g/mol. The molecule has 2 aromatic carbocycles.